The lowest BCUT2D eigenvalue weighted by Crippen LogP contribution is -2.09. The number of aromatic nitrogens is 3. The number of thiophene rings is 1. The number of fused-ring (bicyclic) bond motifs is 1. The van der Waals surface area contributed by atoms with Crippen LogP contribution in [-0.2, 0) is 6.42 Å². The predicted molar refractivity (Wildman–Crippen MR) is 154 cm³/mol. The van der Waals surface area contributed by atoms with Crippen molar-refractivity contribution in [3.8, 4) is 33.5 Å². The molecule has 0 saturated carbocycles. The van der Waals surface area contributed by atoms with Gasteiger partial charge in [0.25, 0.3) is 6.43 Å². The van der Waals surface area contributed by atoms with Gasteiger partial charge in [0.05, 0.1) is 23.6 Å². The maximum atomic E-state index is 14.0. The zero-order chi connectivity index (χ0) is 30.2. The first-order valence-electron chi connectivity index (χ1n) is 13.0. The highest BCUT2D eigenvalue weighted by molar-refractivity contribution is 7.13. The fourth-order valence-corrected chi connectivity index (χ4v) is 5.54. The average molecular weight is 607 g/mol. The van der Waals surface area contributed by atoms with Crippen molar-refractivity contribution in [3.05, 3.63) is 106 Å². The molecule has 218 valence electrons. The molecule has 0 saturated heterocycles. The number of para-hydroxylation sites is 1. The van der Waals surface area contributed by atoms with Crippen molar-refractivity contribution in [2.24, 2.45) is 0 Å². The summed E-state index contributed by atoms with van der Waals surface area (Å²) in [5.41, 5.74) is 10.2. The molecule has 0 atom stereocenters. The Kier molecular flexibility index (Phi) is 7.45. The third kappa shape index (κ3) is 5.48. The lowest BCUT2D eigenvalue weighted by atomic mass is 10.0. The van der Waals surface area contributed by atoms with E-state index in [1.54, 1.807) is 19.1 Å². The quantitative estimate of drug-likeness (QED) is 0.139. The van der Waals surface area contributed by atoms with Crippen molar-refractivity contribution in [1.29, 1.82) is 0 Å². The van der Waals surface area contributed by atoms with Crippen molar-refractivity contribution in [2.45, 2.75) is 19.8 Å². The number of hydrogen-bond acceptors (Lipinski definition) is 7. The number of nitrogen functional groups attached to an aromatic ring is 1. The second kappa shape index (κ2) is 11.4. The summed E-state index contributed by atoms with van der Waals surface area (Å²) in [5, 5.41) is 6.17. The number of carbonyl (C=O) groups excluding carboxylic acids is 1. The molecular formula is C31H22F4N4O3S. The smallest absolute Gasteiger partial charge is 0.272 e. The molecule has 43 heavy (non-hydrogen) atoms. The lowest BCUT2D eigenvalue weighted by molar-refractivity contribution is 0.0822. The topological polar surface area (TPSA) is 92.3 Å². The molecular weight excluding hydrogens is 584 g/mol. The highest BCUT2D eigenvalue weighted by atomic mass is 32.1. The van der Waals surface area contributed by atoms with Crippen LogP contribution in [0.2, 0.25) is 0 Å². The zero-order valence-corrected chi connectivity index (χ0v) is 23.3. The first-order chi connectivity index (χ1) is 20.7. The van der Waals surface area contributed by atoms with Gasteiger partial charge < -0.3 is 15.2 Å². The summed E-state index contributed by atoms with van der Waals surface area (Å²) in [7, 11) is 0. The minimum atomic E-state index is -2.63. The van der Waals surface area contributed by atoms with E-state index in [-0.39, 0.29) is 23.0 Å². The van der Waals surface area contributed by atoms with E-state index in [1.165, 1.54) is 40.5 Å². The number of anilines is 1. The molecule has 6 rings (SSSR count). The summed E-state index contributed by atoms with van der Waals surface area (Å²) in [6.45, 7) is 0.961. The van der Waals surface area contributed by atoms with Gasteiger partial charge in [-0.2, -0.15) is 5.10 Å². The van der Waals surface area contributed by atoms with E-state index in [2.05, 4.69) is 10.1 Å². The highest BCUT2D eigenvalue weighted by Crippen LogP contribution is 2.40. The van der Waals surface area contributed by atoms with E-state index >= 15 is 0 Å². The van der Waals surface area contributed by atoms with Gasteiger partial charge in [-0.1, -0.05) is 12.1 Å². The number of ether oxygens (including phenoxy) is 2. The first kappa shape index (κ1) is 28.2. The van der Waals surface area contributed by atoms with E-state index in [1.807, 2.05) is 23.6 Å². The third-order valence-electron chi connectivity index (χ3n) is 6.86. The fraction of sp³-hybridized carbons (Fsp3) is 0.129. The van der Waals surface area contributed by atoms with Crippen LogP contribution < -0.4 is 15.2 Å². The van der Waals surface area contributed by atoms with Gasteiger partial charge in [-0.25, -0.2) is 27.2 Å². The minimum Gasteiger partial charge on any atom is -0.487 e. The normalized spacial score (nSPS) is 12.4. The third-order valence-corrected chi connectivity index (χ3v) is 7.76. The molecule has 7 nitrogen and oxygen atoms in total. The number of nitrogens with zero attached hydrogens (tertiary/aromatic N) is 3. The van der Waals surface area contributed by atoms with Gasteiger partial charge in [0.15, 0.2) is 17.4 Å². The van der Waals surface area contributed by atoms with E-state index in [0.717, 1.165) is 22.6 Å². The lowest BCUT2D eigenvalue weighted by Gasteiger charge is -2.13. The molecule has 1 aliphatic rings. The van der Waals surface area contributed by atoms with Crippen molar-refractivity contribution < 1.29 is 31.8 Å². The van der Waals surface area contributed by atoms with Crippen LogP contribution >= 0.6 is 11.3 Å². The van der Waals surface area contributed by atoms with Gasteiger partial charge in [-0.05, 0) is 65.4 Å². The van der Waals surface area contributed by atoms with Gasteiger partial charge in [0.1, 0.15) is 18.2 Å². The highest BCUT2D eigenvalue weighted by Gasteiger charge is 2.26. The van der Waals surface area contributed by atoms with Crippen LogP contribution in [0.25, 0.3) is 22.2 Å². The molecule has 3 aromatic heterocycles. The predicted octanol–water partition coefficient (Wildman–Crippen LogP) is 7.42. The van der Waals surface area contributed by atoms with E-state index in [9.17, 15) is 22.4 Å². The Labute approximate surface area is 246 Å². The molecule has 2 N–H and O–H groups in total. The van der Waals surface area contributed by atoms with Crippen LogP contribution in [0, 0.1) is 18.6 Å². The van der Waals surface area contributed by atoms with Gasteiger partial charge in [0, 0.05) is 28.5 Å². The summed E-state index contributed by atoms with van der Waals surface area (Å²) in [6, 6.07) is 12.1. The minimum absolute atomic E-state index is 0.0417. The molecule has 0 amide bonds. The average Bonchev–Trinajstić information content (AvgIpc) is 3.73. The van der Waals surface area contributed by atoms with Crippen molar-refractivity contribution in [1.82, 2.24) is 14.8 Å². The number of halogens is 4. The standard InChI is InChI=1S/C31H22F4N4O3S/c1-16-8-28(42-30-22(32)4-2-5-23(30)33)37-14-24(16)39-31(36)21(13-38-39)29(40)19-9-17-11-20(26-6-3-7-43-26)25(12-18(17)10-19)41-15-27(34)35/h2-8,10-14,27H,9,15,36H2,1H3. The summed E-state index contributed by atoms with van der Waals surface area (Å²) in [6.07, 6.45) is 2.11. The number of ketones is 1. The monoisotopic (exact) mass is 606 g/mol. The molecule has 2 aromatic carbocycles. The SMILES string of the molecule is Cc1cc(Oc2c(F)cccc2F)ncc1-n1ncc(C(=O)C2=Cc3cc(OCC(F)F)c(-c4cccs4)cc3C2)c1N. The second-order valence-electron chi connectivity index (χ2n) is 9.72. The number of Topliss-reactive ketones (excluding diaryl/α,β-unsaturated/α-hetero) is 1. The number of rotatable bonds is 9. The Morgan fingerprint density at radius 2 is 1.91 bits per heavy atom. The number of allylic oxidation sites excluding steroid dienone is 1. The molecule has 0 unspecified atom stereocenters. The molecule has 5 aromatic rings. The number of carbonyl (C=O) groups is 1. The number of pyridine rings is 1. The van der Waals surface area contributed by atoms with Crippen LogP contribution in [0.3, 0.4) is 0 Å². The van der Waals surface area contributed by atoms with Gasteiger partial charge >= 0.3 is 0 Å². The Morgan fingerprint density at radius 3 is 2.60 bits per heavy atom. The van der Waals surface area contributed by atoms with E-state index in [0.29, 0.717) is 40.1 Å². The van der Waals surface area contributed by atoms with Crippen molar-refractivity contribution in [3.63, 3.8) is 0 Å². The van der Waals surface area contributed by atoms with Crippen LogP contribution in [0.1, 0.15) is 27.0 Å². The van der Waals surface area contributed by atoms with E-state index in [4.69, 9.17) is 15.2 Å². The Bertz CT molecular complexity index is 1870. The van der Waals surface area contributed by atoms with Crippen LogP contribution in [0.4, 0.5) is 23.4 Å². The zero-order valence-electron chi connectivity index (χ0n) is 22.5. The number of nitrogens with two attached hydrogens (primary N) is 1. The molecule has 0 spiro atoms. The first-order valence-corrected chi connectivity index (χ1v) is 13.9. The van der Waals surface area contributed by atoms with Crippen LogP contribution in [0.15, 0.2) is 71.9 Å². The summed E-state index contributed by atoms with van der Waals surface area (Å²) in [4.78, 5) is 18.6. The Morgan fingerprint density at radius 1 is 1.12 bits per heavy atom. The summed E-state index contributed by atoms with van der Waals surface area (Å²) >= 11 is 1.45. The van der Waals surface area contributed by atoms with Crippen molar-refractivity contribution in [2.75, 3.05) is 12.3 Å². The molecule has 3 heterocycles. The van der Waals surface area contributed by atoms with Gasteiger partial charge in [-0.3, -0.25) is 4.79 Å². The molecule has 12 heteroatoms. The van der Waals surface area contributed by atoms with Crippen molar-refractivity contribution >= 4 is 29.0 Å². The number of benzene rings is 2. The van der Waals surface area contributed by atoms with Gasteiger partial charge in [-0.15, -0.1) is 11.3 Å². The maximum absolute atomic E-state index is 14.0. The number of hydrogen-bond donors (Lipinski definition) is 1. The number of aryl methyl sites for hydroxylation is 1. The largest absolute Gasteiger partial charge is 0.487 e. The molecule has 0 bridgehead atoms. The Hall–Kier alpha value is -4.97. The fourth-order valence-electron chi connectivity index (χ4n) is 4.80. The molecule has 0 radical (unpaired) electrons. The summed E-state index contributed by atoms with van der Waals surface area (Å²) < 4.78 is 65.9. The second-order valence-corrected chi connectivity index (χ2v) is 10.7. The van der Waals surface area contributed by atoms with Gasteiger partial charge in [0.2, 0.25) is 11.6 Å². The number of alkyl halides is 2. The summed E-state index contributed by atoms with van der Waals surface area (Å²) in [5.74, 6) is -2.31. The molecule has 0 aliphatic heterocycles. The van der Waals surface area contributed by atoms with Crippen LogP contribution in [0.5, 0.6) is 17.4 Å². The Balaban J connectivity index is 1.25. The maximum Gasteiger partial charge on any atom is 0.272 e. The molecule has 1 aliphatic carbocycles. The van der Waals surface area contributed by atoms with Crippen LogP contribution in [-0.4, -0.2) is 33.6 Å². The molecule has 0 fully saturated rings. The van der Waals surface area contributed by atoms with E-state index < -0.39 is 30.4 Å².